The van der Waals surface area contributed by atoms with Crippen molar-refractivity contribution in [3.63, 3.8) is 0 Å². The summed E-state index contributed by atoms with van der Waals surface area (Å²) in [5.74, 6) is 0.747. The van der Waals surface area contributed by atoms with Crippen LogP contribution in [0.4, 0.5) is 0 Å². The van der Waals surface area contributed by atoms with Gasteiger partial charge in [-0.15, -0.1) is 0 Å². The fourth-order valence-corrected chi connectivity index (χ4v) is 4.88. The van der Waals surface area contributed by atoms with Crippen molar-refractivity contribution in [3.8, 4) is 17.2 Å². The second-order valence-electron chi connectivity index (χ2n) is 9.32. The molecule has 0 aromatic heterocycles. The minimum atomic E-state index is 0.117. The summed E-state index contributed by atoms with van der Waals surface area (Å²) in [7, 11) is 2.18. The first kappa shape index (κ1) is 22.5. The summed E-state index contributed by atoms with van der Waals surface area (Å²) in [4.78, 5) is 19.6. The normalized spacial score (nSPS) is 20.2. The highest BCUT2D eigenvalue weighted by molar-refractivity contribution is 5.95. The molecule has 0 aliphatic carbocycles. The zero-order chi connectivity index (χ0) is 22.5. The van der Waals surface area contributed by atoms with Gasteiger partial charge in [-0.1, -0.05) is 37.6 Å². The molecule has 2 aliphatic heterocycles. The maximum Gasteiger partial charge on any atom is 0.253 e. The lowest BCUT2D eigenvalue weighted by Gasteiger charge is -2.20. The summed E-state index contributed by atoms with van der Waals surface area (Å²) < 4.78 is 0. The van der Waals surface area contributed by atoms with E-state index < -0.39 is 0 Å². The molecule has 2 aliphatic rings. The van der Waals surface area contributed by atoms with Gasteiger partial charge in [0.1, 0.15) is 0 Å². The van der Waals surface area contributed by atoms with Crippen LogP contribution in [-0.2, 0) is 6.54 Å². The lowest BCUT2D eigenvalue weighted by molar-refractivity contribution is 0.0787. The summed E-state index contributed by atoms with van der Waals surface area (Å²) in [5.41, 5.74) is 4.51. The van der Waals surface area contributed by atoms with Gasteiger partial charge in [0, 0.05) is 38.3 Å². The van der Waals surface area contributed by atoms with E-state index in [2.05, 4.69) is 42.0 Å². The van der Waals surface area contributed by atoms with Crippen LogP contribution < -0.4 is 0 Å². The Morgan fingerprint density at radius 1 is 1.06 bits per heavy atom. The minimum Gasteiger partial charge on any atom is -0.338 e. The van der Waals surface area contributed by atoms with E-state index >= 15 is 0 Å². The molecule has 0 N–H and O–H groups in total. The van der Waals surface area contributed by atoms with Gasteiger partial charge >= 0.3 is 0 Å². The van der Waals surface area contributed by atoms with E-state index in [1.165, 1.54) is 12.0 Å². The predicted molar refractivity (Wildman–Crippen MR) is 128 cm³/mol. The van der Waals surface area contributed by atoms with Gasteiger partial charge in [0.2, 0.25) is 0 Å². The van der Waals surface area contributed by atoms with Crippen LogP contribution in [0.3, 0.4) is 0 Å². The molecule has 5 heteroatoms. The molecule has 0 radical (unpaired) electrons. The number of nitrogens with zero attached hydrogens (tertiary/aromatic N) is 4. The lowest BCUT2D eigenvalue weighted by atomic mass is 9.97. The van der Waals surface area contributed by atoms with E-state index in [1.807, 2.05) is 35.2 Å². The quantitative estimate of drug-likeness (QED) is 0.712. The third-order valence-electron chi connectivity index (χ3n) is 7.02. The molecule has 1 unspecified atom stereocenters. The Hall–Kier alpha value is -2.68. The van der Waals surface area contributed by atoms with Gasteiger partial charge < -0.3 is 9.80 Å². The molecule has 2 saturated heterocycles. The summed E-state index contributed by atoms with van der Waals surface area (Å²) in [6.07, 6.45) is 3.41. The number of likely N-dealkylation sites (N-methyl/N-ethyl adjacent to an activating group) is 1. The molecule has 5 nitrogen and oxygen atoms in total. The van der Waals surface area contributed by atoms with Crippen LogP contribution in [0.5, 0.6) is 0 Å². The van der Waals surface area contributed by atoms with Gasteiger partial charge in [0.05, 0.1) is 11.6 Å². The number of nitriles is 1. The molecule has 1 atom stereocenters. The number of amides is 1. The van der Waals surface area contributed by atoms with Crippen LogP contribution in [-0.4, -0.2) is 66.9 Å². The molecule has 0 bridgehead atoms. The fourth-order valence-electron chi connectivity index (χ4n) is 4.88. The van der Waals surface area contributed by atoms with Gasteiger partial charge in [-0.3, -0.25) is 9.69 Å². The van der Waals surface area contributed by atoms with Crippen LogP contribution in [0.1, 0.15) is 47.7 Å². The molecule has 0 saturated carbocycles. The molecular weight excluding hydrogens is 396 g/mol. The topological polar surface area (TPSA) is 50.6 Å². The van der Waals surface area contributed by atoms with Gasteiger partial charge in [-0.05, 0) is 73.8 Å². The van der Waals surface area contributed by atoms with Crippen molar-refractivity contribution in [2.75, 3.05) is 46.3 Å². The summed E-state index contributed by atoms with van der Waals surface area (Å²) >= 11 is 0. The second kappa shape index (κ2) is 10.3. The fraction of sp³-hybridized carbons (Fsp3) is 0.481. The Morgan fingerprint density at radius 3 is 2.59 bits per heavy atom. The maximum absolute atomic E-state index is 12.8. The van der Waals surface area contributed by atoms with Crippen molar-refractivity contribution in [2.24, 2.45) is 5.92 Å². The molecule has 1 amide bonds. The first-order chi connectivity index (χ1) is 15.6. The number of likely N-dealkylation sites (tertiary alicyclic amines) is 1. The number of hydrogen-bond acceptors (Lipinski definition) is 4. The lowest BCUT2D eigenvalue weighted by Crippen LogP contribution is -2.28. The Bertz CT molecular complexity index is 978. The number of rotatable bonds is 5. The molecule has 168 valence electrons. The molecular formula is C27H34N4O. The monoisotopic (exact) mass is 430 g/mol. The average Bonchev–Trinajstić information content (AvgIpc) is 3.22. The minimum absolute atomic E-state index is 0.117. The van der Waals surface area contributed by atoms with Crippen LogP contribution in [0.25, 0.3) is 11.1 Å². The first-order valence-corrected chi connectivity index (χ1v) is 11.9. The highest BCUT2D eigenvalue weighted by atomic mass is 16.2. The van der Waals surface area contributed by atoms with E-state index in [0.717, 1.165) is 75.3 Å². The Balaban J connectivity index is 1.46. The van der Waals surface area contributed by atoms with Crippen molar-refractivity contribution in [1.82, 2.24) is 14.7 Å². The molecule has 0 spiro atoms. The second-order valence-corrected chi connectivity index (χ2v) is 9.32. The zero-order valence-electron chi connectivity index (χ0n) is 19.4. The van der Waals surface area contributed by atoms with Gasteiger partial charge in [0.25, 0.3) is 5.91 Å². The third-order valence-corrected chi connectivity index (χ3v) is 7.02. The zero-order valence-corrected chi connectivity index (χ0v) is 19.4. The first-order valence-electron chi connectivity index (χ1n) is 11.9. The molecule has 2 fully saturated rings. The largest absolute Gasteiger partial charge is 0.338 e. The summed E-state index contributed by atoms with van der Waals surface area (Å²) in [6.45, 7) is 9.18. The van der Waals surface area contributed by atoms with E-state index in [1.54, 1.807) is 0 Å². The van der Waals surface area contributed by atoms with Crippen LogP contribution in [0.15, 0.2) is 42.5 Å². The highest BCUT2D eigenvalue weighted by Gasteiger charge is 2.25. The van der Waals surface area contributed by atoms with E-state index in [9.17, 15) is 10.1 Å². The molecule has 2 heterocycles. The number of benzene rings is 2. The van der Waals surface area contributed by atoms with Crippen molar-refractivity contribution in [3.05, 3.63) is 59.2 Å². The number of carbonyl (C=O) groups excluding carboxylic acids is 1. The van der Waals surface area contributed by atoms with Gasteiger partial charge in [-0.25, -0.2) is 0 Å². The predicted octanol–water partition coefficient (Wildman–Crippen LogP) is 4.23. The Labute approximate surface area is 192 Å². The van der Waals surface area contributed by atoms with Crippen LogP contribution >= 0.6 is 0 Å². The Kier molecular flexibility index (Phi) is 7.24. The van der Waals surface area contributed by atoms with Crippen LogP contribution in [0.2, 0.25) is 0 Å². The van der Waals surface area contributed by atoms with Crippen molar-refractivity contribution in [1.29, 1.82) is 5.26 Å². The molecule has 32 heavy (non-hydrogen) atoms. The van der Waals surface area contributed by atoms with Crippen molar-refractivity contribution >= 4 is 5.91 Å². The van der Waals surface area contributed by atoms with Gasteiger partial charge in [0.15, 0.2) is 0 Å². The van der Waals surface area contributed by atoms with Gasteiger partial charge in [-0.2, -0.15) is 5.26 Å². The van der Waals surface area contributed by atoms with E-state index in [0.29, 0.717) is 11.5 Å². The standard InChI is InChI=1S/C27H34N4O/c1-3-21-11-14-31(20-21)27(32)24-8-6-23(7-9-24)26-10-5-22(17-25(26)18-28)19-30-13-4-12-29(2)15-16-30/h5-10,17,21H,3-4,11-16,19-20H2,1-2H3. The van der Waals surface area contributed by atoms with Crippen molar-refractivity contribution in [2.45, 2.75) is 32.7 Å². The molecule has 2 aromatic carbocycles. The number of hydrogen-bond donors (Lipinski definition) is 0. The third kappa shape index (κ3) is 5.20. The average molecular weight is 431 g/mol. The van der Waals surface area contributed by atoms with Crippen LogP contribution in [0, 0.1) is 17.2 Å². The number of carbonyl (C=O) groups is 1. The molecule has 2 aromatic rings. The highest BCUT2D eigenvalue weighted by Crippen LogP contribution is 2.27. The van der Waals surface area contributed by atoms with Crippen molar-refractivity contribution < 1.29 is 4.79 Å². The van der Waals surface area contributed by atoms with E-state index in [-0.39, 0.29) is 5.91 Å². The summed E-state index contributed by atoms with van der Waals surface area (Å²) in [6, 6.07) is 16.4. The summed E-state index contributed by atoms with van der Waals surface area (Å²) in [5, 5.41) is 9.79. The SMILES string of the molecule is CCC1CCN(C(=O)c2ccc(-c3ccc(CN4CCCN(C)CC4)cc3C#N)cc2)C1. The molecule has 4 rings (SSSR count). The maximum atomic E-state index is 12.8. The Morgan fingerprint density at radius 2 is 1.88 bits per heavy atom. The van der Waals surface area contributed by atoms with E-state index in [4.69, 9.17) is 0 Å². The smallest absolute Gasteiger partial charge is 0.253 e.